The van der Waals surface area contributed by atoms with Gasteiger partial charge in [0.05, 0.1) is 12.7 Å². The van der Waals surface area contributed by atoms with Gasteiger partial charge in [-0.15, -0.1) is 0 Å². The van der Waals surface area contributed by atoms with Crippen LogP contribution in [0.4, 0.5) is 0 Å². The Hall–Kier alpha value is -0.780. The minimum Gasteiger partial charge on any atom is -0.497 e. The smallest absolute Gasteiger partial charge is 0.252 e. The van der Waals surface area contributed by atoms with E-state index in [1.54, 1.807) is 19.2 Å². The van der Waals surface area contributed by atoms with Crippen LogP contribution in [-0.4, -0.2) is 19.6 Å². The molecular weight excluding hydrogens is 293 g/mol. The summed E-state index contributed by atoms with van der Waals surface area (Å²) in [5.74, 6) is 0.724. The van der Waals surface area contributed by atoms with E-state index in [-0.39, 0.29) is 5.91 Å². The summed E-state index contributed by atoms with van der Waals surface area (Å²) in [5.41, 5.74) is 0.688. The van der Waals surface area contributed by atoms with Gasteiger partial charge in [-0.1, -0.05) is 0 Å². The molecule has 3 nitrogen and oxygen atoms in total. The molecule has 0 fully saturated rings. The highest BCUT2D eigenvalue weighted by atomic mass is 127. The molecule has 4 heteroatoms. The van der Waals surface area contributed by atoms with Gasteiger partial charge in [0.1, 0.15) is 5.75 Å². The number of ether oxygens (including phenoxy) is 1. The van der Waals surface area contributed by atoms with E-state index in [1.807, 2.05) is 13.0 Å². The molecular formula is C10H12INO2. The second-order valence-electron chi connectivity index (χ2n) is 2.71. The van der Waals surface area contributed by atoms with Crippen LogP contribution in [0.1, 0.15) is 17.3 Å². The van der Waals surface area contributed by atoms with Crippen LogP contribution in [0.2, 0.25) is 0 Å². The summed E-state index contributed by atoms with van der Waals surface area (Å²) in [6.07, 6.45) is 0. The normalized spacial score (nSPS) is 9.64. The first-order valence-corrected chi connectivity index (χ1v) is 5.38. The van der Waals surface area contributed by atoms with E-state index in [2.05, 4.69) is 27.9 Å². The molecule has 0 aliphatic carbocycles. The molecule has 0 heterocycles. The molecule has 0 aliphatic rings. The minimum absolute atomic E-state index is 0.0421. The summed E-state index contributed by atoms with van der Waals surface area (Å²) in [4.78, 5) is 11.5. The molecule has 0 aromatic heterocycles. The zero-order valence-corrected chi connectivity index (χ0v) is 10.3. The van der Waals surface area contributed by atoms with Gasteiger partial charge in [0.25, 0.3) is 5.91 Å². The number of benzene rings is 1. The SMILES string of the molecule is CCNC(=O)c1ccc(OC)cc1I. The highest BCUT2D eigenvalue weighted by Gasteiger charge is 2.08. The maximum absolute atomic E-state index is 11.5. The van der Waals surface area contributed by atoms with Crippen molar-refractivity contribution in [2.24, 2.45) is 0 Å². The number of carbonyl (C=O) groups is 1. The zero-order valence-electron chi connectivity index (χ0n) is 8.13. The molecule has 0 saturated heterocycles. The maximum Gasteiger partial charge on any atom is 0.252 e. The van der Waals surface area contributed by atoms with Gasteiger partial charge in [-0.3, -0.25) is 4.79 Å². The molecule has 14 heavy (non-hydrogen) atoms. The Labute approximate surface area is 97.0 Å². The average Bonchev–Trinajstić information content (AvgIpc) is 2.17. The van der Waals surface area contributed by atoms with Gasteiger partial charge in [0.15, 0.2) is 0 Å². The standard InChI is InChI=1S/C10H12INO2/c1-3-12-10(13)8-5-4-7(14-2)6-9(8)11/h4-6H,3H2,1-2H3,(H,12,13). The molecule has 76 valence electrons. The van der Waals surface area contributed by atoms with Crippen molar-refractivity contribution < 1.29 is 9.53 Å². The predicted octanol–water partition coefficient (Wildman–Crippen LogP) is 2.05. The summed E-state index contributed by atoms with van der Waals surface area (Å²) in [6.45, 7) is 2.54. The third-order valence-corrected chi connectivity index (χ3v) is 2.65. The van der Waals surface area contributed by atoms with Crippen molar-refractivity contribution in [1.82, 2.24) is 5.32 Å². The van der Waals surface area contributed by atoms with Crippen molar-refractivity contribution in [3.63, 3.8) is 0 Å². The maximum atomic E-state index is 11.5. The summed E-state index contributed by atoms with van der Waals surface area (Å²) in [6, 6.07) is 5.39. The van der Waals surface area contributed by atoms with Crippen LogP contribution < -0.4 is 10.1 Å². The Kier molecular flexibility index (Phi) is 4.19. The molecule has 1 rings (SSSR count). The summed E-state index contributed by atoms with van der Waals surface area (Å²) >= 11 is 2.12. The van der Waals surface area contributed by atoms with Crippen LogP contribution in [0.25, 0.3) is 0 Å². The lowest BCUT2D eigenvalue weighted by molar-refractivity contribution is 0.0955. The molecule has 0 unspecified atom stereocenters. The first-order valence-electron chi connectivity index (χ1n) is 4.30. The quantitative estimate of drug-likeness (QED) is 0.868. The van der Waals surface area contributed by atoms with Crippen LogP contribution >= 0.6 is 22.6 Å². The van der Waals surface area contributed by atoms with Crippen molar-refractivity contribution >= 4 is 28.5 Å². The van der Waals surface area contributed by atoms with Crippen LogP contribution in [0.15, 0.2) is 18.2 Å². The van der Waals surface area contributed by atoms with E-state index in [1.165, 1.54) is 0 Å². The zero-order chi connectivity index (χ0) is 10.6. The van der Waals surface area contributed by atoms with E-state index >= 15 is 0 Å². The Bertz CT molecular complexity index is 339. The fourth-order valence-corrected chi connectivity index (χ4v) is 1.79. The number of carbonyl (C=O) groups excluding carboxylic acids is 1. The molecule has 1 aromatic carbocycles. The molecule has 0 atom stereocenters. The summed E-state index contributed by atoms with van der Waals surface area (Å²) in [7, 11) is 1.61. The van der Waals surface area contributed by atoms with Crippen LogP contribution in [0.5, 0.6) is 5.75 Å². The van der Waals surface area contributed by atoms with Crippen molar-refractivity contribution in [1.29, 1.82) is 0 Å². The van der Waals surface area contributed by atoms with Gasteiger partial charge < -0.3 is 10.1 Å². The summed E-state index contributed by atoms with van der Waals surface area (Å²) in [5, 5.41) is 2.76. The Morgan fingerprint density at radius 3 is 2.79 bits per heavy atom. The van der Waals surface area contributed by atoms with Gasteiger partial charge in [-0.05, 0) is 47.7 Å². The first kappa shape index (κ1) is 11.3. The van der Waals surface area contributed by atoms with E-state index in [9.17, 15) is 4.79 Å². The number of hydrogen-bond donors (Lipinski definition) is 1. The number of methoxy groups -OCH3 is 1. The lowest BCUT2D eigenvalue weighted by atomic mass is 10.2. The number of rotatable bonds is 3. The molecule has 1 aromatic rings. The largest absolute Gasteiger partial charge is 0.497 e. The van der Waals surface area contributed by atoms with Gasteiger partial charge in [-0.2, -0.15) is 0 Å². The fourth-order valence-electron chi connectivity index (χ4n) is 1.06. The minimum atomic E-state index is -0.0421. The van der Waals surface area contributed by atoms with E-state index in [0.717, 1.165) is 9.32 Å². The van der Waals surface area contributed by atoms with Crippen LogP contribution in [0, 0.1) is 3.57 Å². The van der Waals surface area contributed by atoms with Gasteiger partial charge in [0, 0.05) is 10.1 Å². The number of halogens is 1. The molecule has 0 bridgehead atoms. The number of hydrogen-bond acceptors (Lipinski definition) is 2. The van der Waals surface area contributed by atoms with Crippen LogP contribution in [0.3, 0.4) is 0 Å². The third kappa shape index (κ3) is 2.60. The lowest BCUT2D eigenvalue weighted by Gasteiger charge is -2.06. The molecule has 0 radical (unpaired) electrons. The summed E-state index contributed by atoms with van der Waals surface area (Å²) < 4.78 is 5.95. The average molecular weight is 305 g/mol. The highest BCUT2D eigenvalue weighted by Crippen LogP contribution is 2.19. The second-order valence-corrected chi connectivity index (χ2v) is 3.87. The van der Waals surface area contributed by atoms with E-state index in [4.69, 9.17) is 4.74 Å². The van der Waals surface area contributed by atoms with Crippen molar-refractivity contribution in [3.8, 4) is 5.75 Å². The fraction of sp³-hybridized carbons (Fsp3) is 0.300. The van der Waals surface area contributed by atoms with Crippen molar-refractivity contribution in [2.75, 3.05) is 13.7 Å². The van der Waals surface area contributed by atoms with Crippen molar-refractivity contribution in [2.45, 2.75) is 6.92 Å². The Morgan fingerprint density at radius 1 is 1.57 bits per heavy atom. The number of amides is 1. The Balaban J connectivity index is 2.94. The van der Waals surface area contributed by atoms with Crippen molar-refractivity contribution in [3.05, 3.63) is 27.3 Å². The predicted molar refractivity (Wildman–Crippen MR) is 63.7 cm³/mol. The highest BCUT2D eigenvalue weighted by molar-refractivity contribution is 14.1. The molecule has 0 saturated carbocycles. The number of nitrogens with one attached hydrogen (secondary N) is 1. The van der Waals surface area contributed by atoms with Gasteiger partial charge in [0.2, 0.25) is 0 Å². The topological polar surface area (TPSA) is 38.3 Å². The van der Waals surface area contributed by atoms with Gasteiger partial charge >= 0.3 is 0 Å². The second kappa shape index (κ2) is 5.19. The third-order valence-electron chi connectivity index (χ3n) is 1.76. The van der Waals surface area contributed by atoms with Gasteiger partial charge in [-0.25, -0.2) is 0 Å². The molecule has 0 aliphatic heterocycles. The lowest BCUT2D eigenvalue weighted by Crippen LogP contribution is -2.23. The first-order chi connectivity index (χ1) is 6.69. The van der Waals surface area contributed by atoms with E-state index < -0.39 is 0 Å². The molecule has 1 amide bonds. The van der Waals surface area contributed by atoms with E-state index in [0.29, 0.717) is 12.1 Å². The monoisotopic (exact) mass is 305 g/mol. The van der Waals surface area contributed by atoms with Crippen LogP contribution in [-0.2, 0) is 0 Å². The molecule has 1 N–H and O–H groups in total. The Morgan fingerprint density at radius 2 is 2.29 bits per heavy atom. The molecule has 0 spiro atoms.